The molecule has 1 aliphatic carbocycles. The maximum absolute atomic E-state index is 12.7. The third-order valence-electron chi connectivity index (χ3n) is 4.70. The molecule has 7 nitrogen and oxygen atoms in total. The lowest BCUT2D eigenvalue weighted by Gasteiger charge is -2.28. The van der Waals surface area contributed by atoms with Gasteiger partial charge in [-0.1, -0.05) is 22.9 Å². The maximum Gasteiger partial charge on any atom is 0.232 e. The topological polar surface area (TPSA) is 90.1 Å². The lowest BCUT2D eigenvalue weighted by molar-refractivity contribution is 0.434. The molecule has 3 heterocycles. The van der Waals surface area contributed by atoms with Gasteiger partial charge in [-0.25, -0.2) is 17.9 Å². The Morgan fingerprint density at radius 3 is 2.68 bits per heavy atom. The van der Waals surface area contributed by atoms with Crippen LogP contribution in [0.1, 0.15) is 42.2 Å². The molecule has 0 bridgehead atoms. The Labute approximate surface area is 154 Å². The van der Waals surface area contributed by atoms with Crippen molar-refractivity contribution in [3.05, 3.63) is 34.2 Å². The average Bonchev–Trinajstić information content (AvgIpc) is 3.23. The minimum Gasteiger partial charge on any atom is -0.221 e. The van der Waals surface area contributed by atoms with Crippen LogP contribution in [0.3, 0.4) is 0 Å². The predicted molar refractivity (Wildman–Crippen MR) is 94.8 cm³/mol. The van der Waals surface area contributed by atoms with Gasteiger partial charge in [-0.05, 0) is 44.1 Å². The second kappa shape index (κ2) is 6.30. The van der Waals surface area contributed by atoms with Crippen molar-refractivity contribution < 1.29 is 8.42 Å². The van der Waals surface area contributed by atoms with Gasteiger partial charge in [0.05, 0.1) is 5.25 Å². The van der Waals surface area contributed by atoms with Crippen LogP contribution in [0.4, 0.5) is 0 Å². The molecule has 1 saturated carbocycles. The fraction of sp³-hybridized carbons (Fsp3) is 0.467. The Bertz CT molecular complexity index is 1020. The molecule has 1 fully saturated rings. The van der Waals surface area contributed by atoms with Gasteiger partial charge in [0, 0.05) is 17.3 Å². The van der Waals surface area contributed by atoms with Crippen LogP contribution in [-0.2, 0) is 9.84 Å². The number of rotatable bonds is 3. The van der Waals surface area contributed by atoms with Crippen molar-refractivity contribution in [2.24, 2.45) is 0 Å². The van der Waals surface area contributed by atoms with Crippen LogP contribution >= 0.6 is 22.9 Å². The number of hydrogen-bond donors (Lipinski definition) is 0. The first-order valence-corrected chi connectivity index (χ1v) is 10.7. The van der Waals surface area contributed by atoms with Gasteiger partial charge < -0.3 is 0 Å². The molecule has 0 spiro atoms. The maximum atomic E-state index is 12.7. The number of sulfone groups is 1. The van der Waals surface area contributed by atoms with Crippen LogP contribution in [-0.4, -0.2) is 38.5 Å². The molecular weight excluding hydrogens is 382 g/mol. The van der Waals surface area contributed by atoms with E-state index < -0.39 is 15.1 Å². The van der Waals surface area contributed by atoms with Crippen LogP contribution in [0.25, 0.3) is 5.65 Å². The molecule has 0 unspecified atom stereocenters. The van der Waals surface area contributed by atoms with E-state index >= 15 is 0 Å². The van der Waals surface area contributed by atoms with E-state index in [2.05, 4.69) is 20.3 Å². The fourth-order valence-electron chi connectivity index (χ4n) is 3.37. The Balaban J connectivity index is 1.53. The molecule has 0 N–H and O–H groups in total. The van der Waals surface area contributed by atoms with Gasteiger partial charge in [-0.2, -0.15) is 5.10 Å². The molecule has 0 amide bonds. The summed E-state index contributed by atoms with van der Waals surface area (Å²) in [5.41, 5.74) is 1.71. The summed E-state index contributed by atoms with van der Waals surface area (Å²) in [6.07, 6.45) is 6.11. The summed E-state index contributed by atoms with van der Waals surface area (Å²) >= 11 is 7.54. The fourth-order valence-corrected chi connectivity index (χ4v) is 6.66. The van der Waals surface area contributed by atoms with Crippen LogP contribution < -0.4 is 0 Å². The molecule has 0 saturated heterocycles. The summed E-state index contributed by atoms with van der Waals surface area (Å²) in [6, 6.07) is 1.80. The third kappa shape index (κ3) is 3.04. The first-order valence-electron chi connectivity index (χ1n) is 7.98. The van der Waals surface area contributed by atoms with Crippen molar-refractivity contribution in [3.63, 3.8) is 0 Å². The predicted octanol–water partition coefficient (Wildman–Crippen LogP) is 3.04. The molecule has 25 heavy (non-hydrogen) atoms. The van der Waals surface area contributed by atoms with Crippen molar-refractivity contribution in [1.82, 2.24) is 24.8 Å². The standard InChI is InChI=1S/C15H16ClN5O2S2/c1-9-19-20-15(24-9)25(22,23)11-4-2-10(3-5-11)12-7-21-14(6-13(12)16)17-8-18-21/h6-8,10-11H,2-5H2,1H3/t10-,11-. The largest absolute Gasteiger partial charge is 0.232 e. The summed E-state index contributed by atoms with van der Waals surface area (Å²) in [5, 5.41) is 12.7. The zero-order valence-corrected chi connectivity index (χ0v) is 15.9. The van der Waals surface area contributed by atoms with Crippen molar-refractivity contribution in [2.45, 2.75) is 48.1 Å². The molecule has 3 aromatic heterocycles. The molecule has 4 rings (SSSR count). The summed E-state index contributed by atoms with van der Waals surface area (Å²) < 4.78 is 27.3. The number of aromatic nitrogens is 5. The molecule has 1 aliphatic rings. The molecule has 0 aliphatic heterocycles. The number of aryl methyl sites for hydroxylation is 1. The van der Waals surface area contributed by atoms with Gasteiger partial charge in [-0.3, -0.25) is 0 Å². The van der Waals surface area contributed by atoms with E-state index in [-0.39, 0.29) is 10.3 Å². The lowest BCUT2D eigenvalue weighted by atomic mass is 9.84. The number of hydrogen-bond acceptors (Lipinski definition) is 7. The summed E-state index contributed by atoms with van der Waals surface area (Å²) in [4.78, 5) is 4.12. The Morgan fingerprint density at radius 1 is 1.24 bits per heavy atom. The van der Waals surface area contributed by atoms with Crippen molar-refractivity contribution in [1.29, 1.82) is 0 Å². The van der Waals surface area contributed by atoms with Gasteiger partial charge in [0.25, 0.3) is 0 Å². The monoisotopic (exact) mass is 397 g/mol. The number of fused-ring (bicyclic) bond motifs is 1. The SMILES string of the molecule is Cc1nnc(S(=O)(=O)[C@H]2CC[C@H](c3cn4ncnc4cc3Cl)CC2)s1. The first-order chi connectivity index (χ1) is 11.9. The van der Waals surface area contributed by atoms with Gasteiger partial charge in [0.15, 0.2) is 5.65 Å². The number of nitrogens with zero attached hydrogens (tertiary/aromatic N) is 5. The Morgan fingerprint density at radius 2 is 2.00 bits per heavy atom. The molecule has 0 atom stereocenters. The van der Waals surface area contributed by atoms with E-state index in [0.717, 1.165) is 29.7 Å². The van der Waals surface area contributed by atoms with Crippen LogP contribution in [0.15, 0.2) is 22.9 Å². The Hall–Kier alpha value is -1.58. The minimum absolute atomic E-state index is 0.135. The van der Waals surface area contributed by atoms with Gasteiger partial charge in [0.2, 0.25) is 14.2 Å². The zero-order valence-electron chi connectivity index (χ0n) is 13.5. The highest BCUT2D eigenvalue weighted by Gasteiger charge is 2.35. The van der Waals surface area contributed by atoms with Crippen LogP contribution in [0, 0.1) is 6.92 Å². The van der Waals surface area contributed by atoms with Crippen LogP contribution in [0.2, 0.25) is 5.02 Å². The average molecular weight is 398 g/mol. The van der Waals surface area contributed by atoms with E-state index in [0.29, 0.717) is 28.5 Å². The van der Waals surface area contributed by atoms with E-state index in [1.165, 1.54) is 6.33 Å². The van der Waals surface area contributed by atoms with Crippen molar-refractivity contribution >= 4 is 38.4 Å². The quantitative estimate of drug-likeness (QED) is 0.674. The lowest BCUT2D eigenvalue weighted by Crippen LogP contribution is -2.27. The van der Waals surface area contributed by atoms with Crippen molar-refractivity contribution in [2.75, 3.05) is 0 Å². The minimum atomic E-state index is -3.40. The zero-order chi connectivity index (χ0) is 17.6. The molecular formula is C15H16ClN5O2S2. The van der Waals surface area contributed by atoms with E-state index in [9.17, 15) is 8.42 Å². The second-order valence-corrected chi connectivity index (χ2v) is 10.2. The Kier molecular flexibility index (Phi) is 4.25. The summed E-state index contributed by atoms with van der Waals surface area (Å²) in [5.74, 6) is 0.226. The summed E-state index contributed by atoms with van der Waals surface area (Å²) in [6.45, 7) is 1.76. The highest BCUT2D eigenvalue weighted by Crippen LogP contribution is 2.39. The second-order valence-electron chi connectivity index (χ2n) is 6.25. The van der Waals surface area contributed by atoms with Crippen LogP contribution in [0.5, 0.6) is 0 Å². The first kappa shape index (κ1) is 16.9. The van der Waals surface area contributed by atoms with E-state index in [1.54, 1.807) is 17.5 Å². The molecule has 0 aromatic carbocycles. The normalized spacial score (nSPS) is 21.7. The highest BCUT2D eigenvalue weighted by atomic mass is 35.5. The van der Waals surface area contributed by atoms with Gasteiger partial charge in [0.1, 0.15) is 11.3 Å². The van der Waals surface area contributed by atoms with E-state index in [1.807, 2.05) is 6.20 Å². The molecule has 0 radical (unpaired) electrons. The van der Waals surface area contributed by atoms with Crippen molar-refractivity contribution in [3.8, 4) is 0 Å². The van der Waals surface area contributed by atoms with E-state index in [4.69, 9.17) is 11.6 Å². The van der Waals surface area contributed by atoms with Gasteiger partial charge in [-0.15, -0.1) is 10.2 Å². The number of halogens is 1. The molecule has 132 valence electrons. The molecule has 3 aromatic rings. The molecule has 10 heteroatoms. The summed E-state index contributed by atoms with van der Waals surface area (Å²) in [7, 11) is -3.40. The smallest absolute Gasteiger partial charge is 0.221 e. The van der Waals surface area contributed by atoms with Gasteiger partial charge >= 0.3 is 0 Å². The third-order valence-corrected chi connectivity index (χ3v) is 8.52. The number of pyridine rings is 1. The highest BCUT2D eigenvalue weighted by molar-refractivity contribution is 7.93.